The van der Waals surface area contributed by atoms with E-state index in [1.54, 1.807) is 0 Å². The van der Waals surface area contributed by atoms with E-state index in [2.05, 4.69) is 0 Å². The fraction of sp³-hybridized carbons (Fsp3) is 0.571. The highest BCUT2D eigenvalue weighted by atomic mass is 35.5. The number of hydrogen-bond acceptors (Lipinski definition) is 4. The number of phenolic OH excluding ortho intramolecular Hbond substituents is 2. The van der Waals surface area contributed by atoms with Gasteiger partial charge in [0.15, 0.2) is 0 Å². The van der Waals surface area contributed by atoms with Gasteiger partial charge in [-0.05, 0) is 36.5 Å². The van der Waals surface area contributed by atoms with Crippen LogP contribution in [0.15, 0.2) is 18.2 Å². The monoisotopic (exact) mass is 287 g/mol. The van der Waals surface area contributed by atoms with Crippen LogP contribution < -0.4 is 5.73 Å². The molecule has 19 heavy (non-hydrogen) atoms. The van der Waals surface area contributed by atoms with Crippen molar-refractivity contribution in [3.05, 3.63) is 23.8 Å². The first-order chi connectivity index (χ1) is 8.58. The standard InChI is InChI=1S/C14H21NO3.ClH/c15-13(10-6-11(16)8-12(17)7-10)14(18)9-4-2-1-3-5-9;/h6-9,13-14,16-18H,1-5,15H2;1H/t13-,14+;/m1./s1. The molecule has 1 saturated carbocycles. The van der Waals surface area contributed by atoms with Crippen molar-refractivity contribution < 1.29 is 15.3 Å². The van der Waals surface area contributed by atoms with Crippen LogP contribution in [0.4, 0.5) is 0 Å². The van der Waals surface area contributed by atoms with Crippen LogP contribution in [0.25, 0.3) is 0 Å². The molecule has 1 aliphatic rings. The van der Waals surface area contributed by atoms with Gasteiger partial charge in [0, 0.05) is 6.07 Å². The zero-order valence-corrected chi connectivity index (χ0v) is 11.6. The molecule has 0 aromatic heterocycles. The molecule has 0 aliphatic heterocycles. The van der Waals surface area contributed by atoms with Crippen molar-refractivity contribution in [3.63, 3.8) is 0 Å². The van der Waals surface area contributed by atoms with Gasteiger partial charge in [0.25, 0.3) is 0 Å². The van der Waals surface area contributed by atoms with Crippen molar-refractivity contribution in [2.75, 3.05) is 0 Å². The Kier molecular flexibility index (Phi) is 5.91. The molecule has 0 radical (unpaired) electrons. The molecule has 0 amide bonds. The van der Waals surface area contributed by atoms with E-state index in [-0.39, 0.29) is 29.8 Å². The average molecular weight is 288 g/mol. The predicted molar refractivity (Wildman–Crippen MR) is 76.5 cm³/mol. The van der Waals surface area contributed by atoms with Gasteiger partial charge in [-0.15, -0.1) is 12.4 Å². The lowest BCUT2D eigenvalue weighted by Gasteiger charge is -2.30. The quantitative estimate of drug-likeness (QED) is 0.688. The molecular formula is C14H22ClNO3. The van der Waals surface area contributed by atoms with Gasteiger partial charge < -0.3 is 21.1 Å². The second kappa shape index (κ2) is 6.98. The van der Waals surface area contributed by atoms with E-state index in [0.717, 1.165) is 25.7 Å². The summed E-state index contributed by atoms with van der Waals surface area (Å²) in [4.78, 5) is 0. The van der Waals surface area contributed by atoms with Gasteiger partial charge in [0.1, 0.15) is 11.5 Å². The minimum absolute atomic E-state index is 0. The molecule has 1 fully saturated rings. The molecule has 0 spiro atoms. The number of aliphatic hydroxyl groups excluding tert-OH is 1. The van der Waals surface area contributed by atoms with Crippen LogP contribution in [0, 0.1) is 5.92 Å². The first kappa shape index (κ1) is 16.1. The summed E-state index contributed by atoms with van der Waals surface area (Å²) >= 11 is 0. The number of halogens is 1. The Morgan fingerprint density at radius 3 is 2.05 bits per heavy atom. The number of nitrogens with two attached hydrogens (primary N) is 1. The fourth-order valence-electron chi connectivity index (χ4n) is 2.78. The van der Waals surface area contributed by atoms with Crippen LogP contribution >= 0.6 is 12.4 Å². The largest absolute Gasteiger partial charge is 0.508 e. The molecular weight excluding hydrogens is 266 g/mol. The summed E-state index contributed by atoms with van der Waals surface area (Å²) in [6.07, 6.45) is 4.89. The molecule has 1 aromatic carbocycles. The third-order valence-electron chi connectivity index (χ3n) is 3.81. The summed E-state index contributed by atoms with van der Waals surface area (Å²) in [6.45, 7) is 0. The van der Waals surface area contributed by atoms with Crippen LogP contribution in [-0.4, -0.2) is 21.4 Å². The summed E-state index contributed by atoms with van der Waals surface area (Å²) < 4.78 is 0. The average Bonchev–Trinajstić information content (AvgIpc) is 2.37. The molecule has 0 heterocycles. The van der Waals surface area contributed by atoms with Gasteiger partial charge in [-0.25, -0.2) is 0 Å². The normalized spacial score (nSPS) is 19.5. The first-order valence-electron chi connectivity index (χ1n) is 6.54. The fourth-order valence-corrected chi connectivity index (χ4v) is 2.78. The molecule has 2 atom stereocenters. The van der Waals surface area contributed by atoms with E-state index >= 15 is 0 Å². The minimum Gasteiger partial charge on any atom is -0.508 e. The van der Waals surface area contributed by atoms with Gasteiger partial charge >= 0.3 is 0 Å². The second-order valence-electron chi connectivity index (χ2n) is 5.20. The Hall–Kier alpha value is -0.970. The Bertz CT molecular complexity index is 387. The Morgan fingerprint density at radius 2 is 1.53 bits per heavy atom. The van der Waals surface area contributed by atoms with E-state index in [1.165, 1.54) is 24.6 Å². The lowest BCUT2D eigenvalue weighted by atomic mass is 9.81. The molecule has 5 heteroatoms. The third-order valence-corrected chi connectivity index (χ3v) is 3.81. The second-order valence-corrected chi connectivity index (χ2v) is 5.20. The number of rotatable bonds is 3. The van der Waals surface area contributed by atoms with Crippen LogP contribution in [-0.2, 0) is 0 Å². The number of hydrogen-bond donors (Lipinski definition) is 4. The van der Waals surface area contributed by atoms with E-state index < -0.39 is 12.1 Å². The molecule has 0 bridgehead atoms. The molecule has 4 nitrogen and oxygen atoms in total. The van der Waals surface area contributed by atoms with E-state index in [0.29, 0.717) is 5.56 Å². The summed E-state index contributed by atoms with van der Waals surface area (Å²) in [5.74, 6) is 0.158. The highest BCUT2D eigenvalue weighted by molar-refractivity contribution is 5.85. The summed E-state index contributed by atoms with van der Waals surface area (Å²) in [5.41, 5.74) is 6.61. The Morgan fingerprint density at radius 1 is 1.00 bits per heavy atom. The molecule has 5 N–H and O–H groups in total. The van der Waals surface area contributed by atoms with Gasteiger partial charge in [-0.1, -0.05) is 19.3 Å². The lowest BCUT2D eigenvalue weighted by molar-refractivity contribution is 0.0617. The van der Waals surface area contributed by atoms with Crippen LogP contribution in [0.1, 0.15) is 43.7 Å². The zero-order valence-electron chi connectivity index (χ0n) is 10.8. The van der Waals surface area contributed by atoms with E-state index in [9.17, 15) is 15.3 Å². The third kappa shape index (κ3) is 4.00. The molecule has 0 unspecified atom stereocenters. The smallest absolute Gasteiger partial charge is 0.119 e. The maximum Gasteiger partial charge on any atom is 0.119 e. The van der Waals surface area contributed by atoms with Gasteiger partial charge in [-0.2, -0.15) is 0 Å². The molecule has 0 saturated heterocycles. The van der Waals surface area contributed by atoms with Crippen LogP contribution in [0.2, 0.25) is 0 Å². The predicted octanol–water partition coefficient (Wildman–Crippen LogP) is 2.46. The maximum atomic E-state index is 10.3. The van der Waals surface area contributed by atoms with Crippen LogP contribution in [0.5, 0.6) is 11.5 Å². The van der Waals surface area contributed by atoms with Gasteiger partial charge in [0.2, 0.25) is 0 Å². The Balaban J connectivity index is 0.00000180. The highest BCUT2D eigenvalue weighted by Gasteiger charge is 2.28. The summed E-state index contributed by atoms with van der Waals surface area (Å²) in [7, 11) is 0. The van der Waals surface area contributed by atoms with Crippen molar-refractivity contribution in [1.82, 2.24) is 0 Å². The number of aromatic hydroxyl groups is 2. The maximum absolute atomic E-state index is 10.3. The molecule has 1 aliphatic carbocycles. The van der Waals surface area contributed by atoms with Crippen molar-refractivity contribution in [1.29, 1.82) is 0 Å². The lowest BCUT2D eigenvalue weighted by Crippen LogP contribution is -2.34. The summed E-state index contributed by atoms with van der Waals surface area (Å²) in [5, 5.41) is 29.2. The van der Waals surface area contributed by atoms with Crippen molar-refractivity contribution in [3.8, 4) is 11.5 Å². The molecule has 108 valence electrons. The van der Waals surface area contributed by atoms with Gasteiger partial charge in [0.05, 0.1) is 12.1 Å². The van der Waals surface area contributed by atoms with Crippen molar-refractivity contribution >= 4 is 12.4 Å². The van der Waals surface area contributed by atoms with Crippen molar-refractivity contribution in [2.45, 2.75) is 44.2 Å². The van der Waals surface area contributed by atoms with Crippen molar-refractivity contribution in [2.24, 2.45) is 11.7 Å². The first-order valence-corrected chi connectivity index (χ1v) is 6.54. The topological polar surface area (TPSA) is 86.7 Å². The SMILES string of the molecule is Cl.N[C@H](c1cc(O)cc(O)c1)[C@@H](O)C1CCCCC1. The summed E-state index contributed by atoms with van der Waals surface area (Å²) in [6, 6.07) is 3.68. The van der Waals surface area contributed by atoms with E-state index in [4.69, 9.17) is 5.73 Å². The molecule has 1 aromatic rings. The number of aliphatic hydroxyl groups is 1. The van der Waals surface area contributed by atoms with Crippen LogP contribution in [0.3, 0.4) is 0 Å². The number of phenols is 2. The highest BCUT2D eigenvalue weighted by Crippen LogP contribution is 2.33. The molecule has 2 rings (SSSR count). The Labute approximate surface area is 119 Å². The zero-order chi connectivity index (χ0) is 13.1. The van der Waals surface area contributed by atoms with E-state index in [1.807, 2.05) is 0 Å². The number of benzene rings is 1. The minimum atomic E-state index is -0.619. The van der Waals surface area contributed by atoms with Gasteiger partial charge in [-0.3, -0.25) is 0 Å².